The van der Waals surface area contributed by atoms with Crippen molar-refractivity contribution in [2.45, 2.75) is 19.3 Å². The smallest absolute Gasteiger partial charge is 0.314 e. The average molecular weight is 335 g/mol. The zero-order valence-electron chi connectivity index (χ0n) is 14.0. The number of urea groups is 1. The Hall–Kier alpha value is -2.44. The summed E-state index contributed by atoms with van der Waals surface area (Å²) in [6.45, 7) is 2.84. The number of nitrogens with zero attached hydrogens (tertiary/aromatic N) is 1. The van der Waals surface area contributed by atoms with E-state index in [-0.39, 0.29) is 12.5 Å². The molecule has 2 rings (SSSR count). The summed E-state index contributed by atoms with van der Waals surface area (Å²) < 4.78 is 5.25. The van der Waals surface area contributed by atoms with E-state index in [0.717, 1.165) is 30.9 Å². The minimum absolute atomic E-state index is 0.0679. The van der Waals surface area contributed by atoms with Crippen molar-refractivity contribution in [3.8, 4) is 5.75 Å². The van der Waals surface area contributed by atoms with Crippen molar-refractivity contribution >= 4 is 17.7 Å². The van der Waals surface area contributed by atoms with Gasteiger partial charge in [0.15, 0.2) is 0 Å². The van der Waals surface area contributed by atoms with Crippen LogP contribution in [-0.4, -0.2) is 50.4 Å². The molecule has 1 fully saturated rings. The van der Waals surface area contributed by atoms with Crippen molar-refractivity contribution in [2.75, 3.05) is 38.2 Å². The maximum absolute atomic E-state index is 11.7. The number of anilines is 1. The standard InChI is InChI=1S/C17H25N3O4/c1-24-15-5-2-4-14(10-15)20-9-7-13(12-20)11-19-17(23)18-8-3-6-16(21)22/h2,4-5,10,13H,3,6-9,11-12H2,1H3,(H,21,22)(H2,18,19,23). The van der Waals surface area contributed by atoms with Gasteiger partial charge in [-0.15, -0.1) is 0 Å². The van der Waals surface area contributed by atoms with Crippen molar-refractivity contribution in [3.63, 3.8) is 0 Å². The Kier molecular flexibility index (Phi) is 6.72. The number of carboxylic acids is 1. The summed E-state index contributed by atoms with van der Waals surface area (Å²) >= 11 is 0. The highest BCUT2D eigenvalue weighted by atomic mass is 16.5. The molecule has 2 amide bonds. The van der Waals surface area contributed by atoms with Gasteiger partial charge < -0.3 is 25.4 Å². The minimum atomic E-state index is -0.846. The zero-order valence-corrected chi connectivity index (χ0v) is 14.0. The Morgan fingerprint density at radius 1 is 1.38 bits per heavy atom. The van der Waals surface area contributed by atoms with Crippen LogP contribution < -0.4 is 20.3 Å². The first kappa shape index (κ1) is 17.9. The van der Waals surface area contributed by atoms with Gasteiger partial charge in [0.2, 0.25) is 0 Å². The van der Waals surface area contributed by atoms with Crippen molar-refractivity contribution < 1.29 is 19.4 Å². The Morgan fingerprint density at radius 3 is 2.96 bits per heavy atom. The molecule has 24 heavy (non-hydrogen) atoms. The fourth-order valence-electron chi connectivity index (χ4n) is 2.78. The summed E-state index contributed by atoms with van der Waals surface area (Å²) in [6, 6.07) is 7.75. The number of hydrogen-bond acceptors (Lipinski definition) is 4. The van der Waals surface area contributed by atoms with Crippen molar-refractivity contribution in [2.24, 2.45) is 5.92 Å². The van der Waals surface area contributed by atoms with Gasteiger partial charge in [0.05, 0.1) is 7.11 Å². The molecule has 0 radical (unpaired) electrons. The molecule has 0 bridgehead atoms. The normalized spacial score (nSPS) is 16.7. The molecule has 1 heterocycles. The molecular formula is C17H25N3O4. The summed E-state index contributed by atoms with van der Waals surface area (Å²) in [6.07, 6.45) is 1.53. The maximum atomic E-state index is 11.7. The lowest BCUT2D eigenvalue weighted by Crippen LogP contribution is -2.39. The van der Waals surface area contributed by atoms with Crippen LogP contribution in [0, 0.1) is 5.92 Å². The molecule has 1 aliphatic heterocycles. The fraction of sp³-hybridized carbons (Fsp3) is 0.529. The number of hydrogen-bond donors (Lipinski definition) is 3. The number of ether oxygens (including phenoxy) is 1. The third-order valence-corrected chi connectivity index (χ3v) is 4.11. The van der Waals surface area contributed by atoms with E-state index in [1.807, 2.05) is 18.2 Å². The van der Waals surface area contributed by atoms with Gasteiger partial charge in [-0.25, -0.2) is 4.79 Å². The first-order valence-corrected chi connectivity index (χ1v) is 8.21. The summed E-state index contributed by atoms with van der Waals surface area (Å²) in [5, 5.41) is 14.1. The molecule has 7 heteroatoms. The monoisotopic (exact) mass is 335 g/mol. The van der Waals surface area contributed by atoms with E-state index in [2.05, 4.69) is 21.6 Å². The van der Waals surface area contributed by atoms with Gasteiger partial charge in [0.1, 0.15) is 5.75 Å². The summed E-state index contributed by atoms with van der Waals surface area (Å²) in [4.78, 5) is 24.4. The highest BCUT2D eigenvalue weighted by Crippen LogP contribution is 2.26. The number of benzene rings is 1. The van der Waals surface area contributed by atoms with Gasteiger partial charge in [-0.3, -0.25) is 4.79 Å². The van der Waals surface area contributed by atoms with E-state index in [1.54, 1.807) is 7.11 Å². The molecule has 0 saturated carbocycles. The molecule has 0 aromatic heterocycles. The van der Waals surface area contributed by atoms with Crippen molar-refractivity contribution in [1.29, 1.82) is 0 Å². The van der Waals surface area contributed by atoms with Crippen LogP contribution >= 0.6 is 0 Å². The molecule has 1 aromatic rings. The van der Waals surface area contributed by atoms with Gasteiger partial charge in [-0.05, 0) is 30.9 Å². The first-order valence-electron chi connectivity index (χ1n) is 8.21. The largest absolute Gasteiger partial charge is 0.497 e. The first-order chi connectivity index (χ1) is 11.6. The van der Waals surface area contributed by atoms with E-state index in [4.69, 9.17) is 9.84 Å². The highest BCUT2D eigenvalue weighted by molar-refractivity contribution is 5.74. The maximum Gasteiger partial charge on any atom is 0.314 e. The molecule has 1 aliphatic rings. The number of carboxylic acid groups (broad SMARTS) is 1. The zero-order chi connectivity index (χ0) is 17.4. The van der Waals surface area contributed by atoms with Crippen LogP contribution in [-0.2, 0) is 4.79 Å². The number of methoxy groups -OCH3 is 1. The third kappa shape index (κ3) is 5.64. The van der Waals surface area contributed by atoms with E-state index in [0.29, 0.717) is 25.4 Å². The minimum Gasteiger partial charge on any atom is -0.497 e. The number of carbonyl (C=O) groups excluding carboxylic acids is 1. The van der Waals surface area contributed by atoms with Crippen LogP contribution in [0.4, 0.5) is 10.5 Å². The predicted octanol–water partition coefficient (Wildman–Crippen LogP) is 1.69. The Labute approximate surface area is 142 Å². The number of carbonyl (C=O) groups is 2. The lowest BCUT2D eigenvalue weighted by molar-refractivity contribution is -0.137. The van der Waals surface area contributed by atoms with Crippen LogP contribution in [0.1, 0.15) is 19.3 Å². The molecular weight excluding hydrogens is 310 g/mol. The van der Waals surface area contributed by atoms with E-state index >= 15 is 0 Å². The SMILES string of the molecule is COc1cccc(N2CCC(CNC(=O)NCCCC(=O)O)C2)c1. The topological polar surface area (TPSA) is 90.9 Å². The van der Waals surface area contributed by atoms with Crippen LogP contribution in [0.5, 0.6) is 5.75 Å². The highest BCUT2D eigenvalue weighted by Gasteiger charge is 2.23. The Morgan fingerprint density at radius 2 is 2.21 bits per heavy atom. The quantitative estimate of drug-likeness (QED) is 0.629. The number of amides is 2. The predicted molar refractivity (Wildman–Crippen MR) is 91.6 cm³/mol. The molecule has 132 valence electrons. The Balaban J connectivity index is 1.68. The number of aliphatic carboxylic acids is 1. The molecule has 1 saturated heterocycles. The number of rotatable bonds is 8. The summed E-state index contributed by atoms with van der Waals surface area (Å²) in [5.41, 5.74) is 1.13. The molecule has 7 nitrogen and oxygen atoms in total. The molecule has 0 aliphatic carbocycles. The van der Waals surface area contributed by atoms with Crippen LogP contribution in [0.3, 0.4) is 0 Å². The van der Waals surface area contributed by atoms with Gasteiger partial charge >= 0.3 is 12.0 Å². The molecule has 1 unspecified atom stereocenters. The lowest BCUT2D eigenvalue weighted by Gasteiger charge is -2.19. The lowest BCUT2D eigenvalue weighted by atomic mass is 10.1. The average Bonchev–Trinajstić information content (AvgIpc) is 3.06. The molecule has 0 spiro atoms. The van der Waals surface area contributed by atoms with Crippen LogP contribution in [0.25, 0.3) is 0 Å². The third-order valence-electron chi connectivity index (χ3n) is 4.11. The van der Waals surface area contributed by atoms with Crippen LogP contribution in [0.15, 0.2) is 24.3 Å². The second kappa shape index (κ2) is 9.00. The summed E-state index contributed by atoms with van der Waals surface area (Å²) in [5.74, 6) is 0.400. The van der Waals surface area contributed by atoms with E-state index in [1.165, 1.54) is 0 Å². The molecule has 1 aromatic carbocycles. The fourth-order valence-corrected chi connectivity index (χ4v) is 2.78. The Bertz CT molecular complexity index is 565. The second-order valence-electron chi connectivity index (χ2n) is 5.94. The van der Waals surface area contributed by atoms with Gasteiger partial charge in [-0.1, -0.05) is 6.07 Å². The van der Waals surface area contributed by atoms with E-state index in [9.17, 15) is 9.59 Å². The van der Waals surface area contributed by atoms with Crippen molar-refractivity contribution in [1.82, 2.24) is 10.6 Å². The molecule has 3 N–H and O–H groups in total. The van der Waals surface area contributed by atoms with Crippen LogP contribution in [0.2, 0.25) is 0 Å². The van der Waals surface area contributed by atoms with Crippen molar-refractivity contribution in [3.05, 3.63) is 24.3 Å². The van der Waals surface area contributed by atoms with E-state index < -0.39 is 5.97 Å². The second-order valence-corrected chi connectivity index (χ2v) is 5.94. The number of nitrogens with one attached hydrogen (secondary N) is 2. The van der Waals surface area contributed by atoms with Gasteiger partial charge in [-0.2, -0.15) is 0 Å². The summed E-state index contributed by atoms with van der Waals surface area (Å²) in [7, 11) is 1.66. The molecule has 1 atom stereocenters. The van der Waals surface area contributed by atoms with Gasteiger partial charge in [0, 0.05) is 44.4 Å². The van der Waals surface area contributed by atoms with Gasteiger partial charge in [0.25, 0.3) is 0 Å².